The lowest BCUT2D eigenvalue weighted by Crippen LogP contribution is -2.07. The second-order valence-electron chi connectivity index (χ2n) is 5.56. The van der Waals surface area contributed by atoms with E-state index in [4.69, 9.17) is 4.74 Å². The van der Waals surface area contributed by atoms with E-state index in [1.165, 1.54) is 9.79 Å². The molecule has 1 nitrogen and oxygen atoms in total. The molecule has 0 unspecified atom stereocenters. The fourth-order valence-electron chi connectivity index (χ4n) is 2.28. The molecule has 0 bridgehead atoms. The van der Waals surface area contributed by atoms with Gasteiger partial charge in [0, 0.05) is 0 Å². The molecule has 0 saturated carbocycles. The summed E-state index contributed by atoms with van der Waals surface area (Å²) in [6.45, 7) is 7.82. The highest BCUT2D eigenvalue weighted by Gasteiger charge is 2.23. The van der Waals surface area contributed by atoms with Crippen LogP contribution in [0.25, 0.3) is 0 Å². The highest BCUT2D eigenvalue weighted by Crippen LogP contribution is 2.23. The van der Waals surface area contributed by atoms with Crippen LogP contribution < -0.4 is 0 Å². The third-order valence-corrected chi connectivity index (χ3v) is 5.46. The predicted octanol–water partition coefficient (Wildman–Crippen LogP) is 5.77. The molecule has 0 aliphatic rings. The van der Waals surface area contributed by atoms with Crippen LogP contribution in [0, 0.1) is 0 Å². The van der Waals surface area contributed by atoms with E-state index >= 15 is 0 Å². The van der Waals surface area contributed by atoms with Gasteiger partial charge in [-0.05, 0) is 56.3 Å². The fraction of sp³-hybridized carbons (Fsp3) is 0.182. The molecule has 0 N–H and O–H groups in total. The minimum atomic E-state index is 0.0203. The number of hydrogen-bond acceptors (Lipinski definition) is 1. The van der Waals surface area contributed by atoms with Gasteiger partial charge in [0.1, 0.15) is 11.5 Å². The molecule has 0 saturated heterocycles. The zero-order chi connectivity index (χ0) is 17.2. The van der Waals surface area contributed by atoms with E-state index in [1.807, 2.05) is 26.0 Å². The van der Waals surface area contributed by atoms with Gasteiger partial charge >= 0.3 is 0 Å². The Hall–Kier alpha value is -2.19. The van der Waals surface area contributed by atoms with Crippen LogP contribution in [0.5, 0.6) is 0 Å². The van der Waals surface area contributed by atoms with Gasteiger partial charge in [-0.1, -0.05) is 49.1 Å². The van der Waals surface area contributed by atoms with Crippen LogP contribution >= 0.6 is 0 Å². The van der Waals surface area contributed by atoms with Crippen molar-refractivity contribution in [2.45, 2.75) is 29.7 Å². The topological polar surface area (TPSA) is 9.23 Å². The number of ether oxygens (including phenoxy) is 1. The van der Waals surface area contributed by atoms with Gasteiger partial charge in [-0.25, -0.2) is 0 Å². The van der Waals surface area contributed by atoms with Gasteiger partial charge in [0.05, 0.1) is 17.0 Å². The van der Waals surface area contributed by atoms with Crippen molar-refractivity contribution in [3.05, 3.63) is 97.3 Å². The van der Waals surface area contributed by atoms with Crippen molar-refractivity contribution in [3.63, 3.8) is 0 Å². The van der Waals surface area contributed by atoms with Crippen molar-refractivity contribution in [1.82, 2.24) is 0 Å². The Balaban J connectivity index is 2.19. The summed E-state index contributed by atoms with van der Waals surface area (Å²) in [6, 6.07) is 21.4. The molecule has 2 heteroatoms. The molecule has 0 radical (unpaired) electrons. The maximum Gasteiger partial charge on any atom is 0.161 e. The highest BCUT2D eigenvalue weighted by atomic mass is 32.2. The average molecular weight is 338 g/mol. The largest absolute Gasteiger partial charge is 0.491 e. The molecule has 124 valence electrons. The molecule has 0 aliphatic carbocycles. The minimum Gasteiger partial charge on any atom is -0.491 e. The molecule has 2 aromatic carbocycles. The van der Waals surface area contributed by atoms with Gasteiger partial charge in [0.2, 0.25) is 0 Å². The van der Waals surface area contributed by atoms with Gasteiger partial charge in [-0.2, -0.15) is 0 Å². The zero-order valence-electron chi connectivity index (χ0n) is 14.4. The van der Waals surface area contributed by atoms with Crippen molar-refractivity contribution in [3.8, 4) is 0 Å². The molecule has 2 aromatic rings. The van der Waals surface area contributed by atoms with Crippen LogP contribution in [0.15, 0.2) is 107 Å². The van der Waals surface area contributed by atoms with Crippen LogP contribution in [0.4, 0.5) is 0 Å². The molecule has 0 spiro atoms. The summed E-state index contributed by atoms with van der Waals surface area (Å²) in [5.74, 6) is 1.80. The summed E-state index contributed by atoms with van der Waals surface area (Å²) in [7, 11) is 0.0203. The van der Waals surface area contributed by atoms with Crippen molar-refractivity contribution < 1.29 is 4.74 Å². The van der Waals surface area contributed by atoms with Crippen LogP contribution in [0.2, 0.25) is 0 Å². The number of hydrogen-bond donors (Lipinski definition) is 0. The molecular formula is C22H25OS+. The van der Waals surface area contributed by atoms with E-state index in [1.54, 1.807) is 6.08 Å². The molecule has 2 rings (SSSR count). The smallest absolute Gasteiger partial charge is 0.161 e. The van der Waals surface area contributed by atoms with E-state index in [2.05, 4.69) is 73.3 Å². The quantitative estimate of drug-likeness (QED) is 0.337. The standard InChI is InChI=1S/C22H25OS/c1-4-12-20(23-19(2)3)13-11-18-24(21-14-7-5-8-15-21)22-16-9-6-10-17-22/h4-17,19H,1,18H2,2-3H3/q+1/b13-11-,20-12+. The second kappa shape index (κ2) is 9.84. The first-order valence-corrected chi connectivity index (χ1v) is 9.57. The lowest BCUT2D eigenvalue weighted by molar-refractivity contribution is 0.158. The van der Waals surface area contributed by atoms with Gasteiger partial charge in [0.25, 0.3) is 0 Å². The molecule has 0 aromatic heterocycles. The molecule has 0 amide bonds. The third-order valence-electron chi connectivity index (χ3n) is 3.25. The normalized spacial score (nSPS) is 12.1. The van der Waals surface area contributed by atoms with Gasteiger partial charge in [-0.3, -0.25) is 0 Å². The number of allylic oxidation sites excluding steroid dienone is 3. The van der Waals surface area contributed by atoms with E-state index < -0.39 is 0 Å². The van der Waals surface area contributed by atoms with E-state index in [0.717, 1.165) is 11.5 Å². The predicted molar refractivity (Wildman–Crippen MR) is 105 cm³/mol. The Morgan fingerprint density at radius 3 is 2.00 bits per heavy atom. The summed E-state index contributed by atoms with van der Waals surface area (Å²) in [5, 5.41) is 0. The maximum atomic E-state index is 5.79. The number of rotatable bonds is 8. The summed E-state index contributed by atoms with van der Waals surface area (Å²) in [4.78, 5) is 2.71. The second-order valence-corrected chi connectivity index (χ2v) is 7.61. The summed E-state index contributed by atoms with van der Waals surface area (Å²) >= 11 is 0. The fourth-order valence-corrected chi connectivity index (χ4v) is 4.20. The van der Waals surface area contributed by atoms with E-state index in [-0.39, 0.29) is 17.0 Å². The first-order chi connectivity index (χ1) is 11.7. The Bertz CT molecular complexity index is 632. The van der Waals surface area contributed by atoms with Crippen LogP contribution in [-0.2, 0) is 15.6 Å². The average Bonchev–Trinajstić information content (AvgIpc) is 2.60. The molecule has 0 aliphatic heterocycles. The first-order valence-electron chi connectivity index (χ1n) is 8.17. The van der Waals surface area contributed by atoms with Crippen molar-refractivity contribution in [2.75, 3.05) is 5.75 Å². The minimum absolute atomic E-state index is 0.0203. The van der Waals surface area contributed by atoms with Crippen molar-refractivity contribution >= 4 is 10.9 Å². The Morgan fingerprint density at radius 1 is 1.00 bits per heavy atom. The maximum absolute atomic E-state index is 5.79. The van der Waals surface area contributed by atoms with Crippen LogP contribution in [-0.4, -0.2) is 11.9 Å². The third kappa shape index (κ3) is 5.78. The Labute approximate surface area is 148 Å². The summed E-state index contributed by atoms with van der Waals surface area (Å²) < 4.78 is 5.79. The first kappa shape index (κ1) is 18.2. The van der Waals surface area contributed by atoms with Gasteiger partial charge in [0.15, 0.2) is 9.79 Å². The van der Waals surface area contributed by atoms with E-state index in [0.29, 0.717) is 0 Å². The summed E-state index contributed by atoms with van der Waals surface area (Å²) in [5.41, 5.74) is 0. The zero-order valence-corrected chi connectivity index (χ0v) is 15.2. The van der Waals surface area contributed by atoms with Crippen LogP contribution in [0.3, 0.4) is 0 Å². The SMILES string of the molecule is C=C/C=C(\C=C/C[S+](c1ccccc1)c1ccccc1)OC(C)C. The van der Waals surface area contributed by atoms with Crippen molar-refractivity contribution in [1.29, 1.82) is 0 Å². The molecule has 0 heterocycles. The molecule has 0 fully saturated rings. The Morgan fingerprint density at radius 2 is 1.54 bits per heavy atom. The highest BCUT2D eigenvalue weighted by molar-refractivity contribution is 7.97. The lowest BCUT2D eigenvalue weighted by Gasteiger charge is -2.10. The number of benzene rings is 2. The summed E-state index contributed by atoms with van der Waals surface area (Å²) in [6.07, 6.45) is 8.06. The monoisotopic (exact) mass is 337 g/mol. The lowest BCUT2D eigenvalue weighted by atomic mass is 10.3. The Kier molecular flexibility index (Phi) is 7.44. The van der Waals surface area contributed by atoms with Gasteiger partial charge in [-0.15, -0.1) is 0 Å². The molecule has 0 atom stereocenters. The van der Waals surface area contributed by atoms with E-state index in [9.17, 15) is 0 Å². The van der Waals surface area contributed by atoms with Gasteiger partial charge < -0.3 is 4.74 Å². The van der Waals surface area contributed by atoms with Crippen LogP contribution in [0.1, 0.15) is 13.8 Å². The molecule has 24 heavy (non-hydrogen) atoms. The van der Waals surface area contributed by atoms with Crippen molar-refractivity contribution in [2.24, 2.45) is 0 Å². The molecular weight excluding hydrogens is 312 g/mol.